The largest absolute Gasteiger partial charge is 0.387 e. The van der Waals surface area contributed by atoms with Crippen LogP contribution in [0.25, 0.3) is 5.69 Å². The third-order valence-corrected chi connectivity index (χ3v) is 3.49. The van der Waals surface area contributed by atoms with Crippen LogP contribution in [0.4, 0.5) is 8.78 Å². The fourth-order valence-electron chi connectivity index (χ4n) is 2.28. The molecule has 5 nitrogen and oxygen atoms in total. The van der Waals surface area contributed by atoms with Crippen LogP contribution in [-0.4, -0.2) is 26.6 Å². The average molecular weight is 330 g/mol. The molecule has 2 N–H and O–H groups in total. The Morgan fingerprint density at radius 2 is 1.92 bits per heavy atom. The molecule has 0 aliphatic rings. The fourth-order valence-corrected chi connectivity index (χ4v) is 2.28. The maximum Gasteiger partial charge on any atom is 0.131 e. The molecular formula is C17H16F2N4O. The Morgan fingerprint density at radius 1 is 1.12 bits per heavy atom. The lowest BCUT2D eigenvalue weighted by atomic mass is 10.1. The van der Waals surface area contributed by atoms with Gasteiger partial charge in [-0.15, -0.1) is 0 Å². The lowest BCUT2D eigenvalue weighted by molar-refractivity contribution is 0.169. The zero-order valence-corrected chi connectivity index (χ0v) is 12.7. The van der Waals surface area contributed by atoms with Crippen molar-refractivity contribution in [2.75, 3.05) is 6.54 Å². The topological polar surface area (TPSA) is 63.0 Å². The van der Waals surface area contributed by atoms with E-state index in [-0.39, 0.29) is 12.1 Å². The quantitative estimate of drug-likeness (QED) is 0.728. The van der Waals surface area contributed by atoms with Crippen LogP contribution in [0.5, 0.6) is 0 Å². The highest BCUT2D eigenvalue weighted by atomic mass is 19.1. The molecule has 2 aromatic carbocycles. The van der Waals surface area contributed by atoms with E-state index in [0.717, 1.165) is 17.8 Å². The molecule has 0 fully saturated rings. The van der Waals surface area contributed by atoms with Crippen molar-refractivity contribution in [2.45, 2.75) is 12.6 Å². The van der Waals surface area contributed by atoms with E-state index in [1.54, 1.807) is 6.20 Å². The predicted molar refractivity (Wildman–Crippen MR) is 84.4 cm³/mol. The molecule has 1 atom stereocenters. The van der Waals surface area contributed by atoms with Crippen molar-refractivity contribution in [3.63, 3.8) is 0 Å². The first-order chi connectivity index (χ1) is 11.6. The minimum atomic E-state index is -1.07. The number of aromatic nitrogens is 3. The standard InChI is InChI=1S/C17H16F2N4O/c18-12-6-7-15(16(19)8-12)17(24)11-20-9-13-10-21-23(22-13)14-4-2-1-3-5-14/h1-8,10,17,20,24H,9,11H2. The third-order valence-electron chi connectivity index (χ3n) is 3.49. The average Bonchev–Trinajstić information content (AvgIpc) is 3.04. The third kappa shape index (κ3) is 3.81. The van der Waals surface area contributed by atoms with Gasteiger partial charge in [0.2, 0.25) is 0 Å². The van der Waals surface area contributed by atoms with Crippen LogP contribution in [0.15, 0.2) is 54.7 Å². The molecule has 1 heterocycles. The Hall–Kier alpha value is -2.64. The van der Waals surface area contributed by atoms with Crippen LogP contribution >= 0.6 is 0 Å². The van der Waals surface area contributed by atoms with E-state index in [2.05, 4.69) is 15.5 Å². The van der Waals surface area contributed by atoms with Gasteiger partial charge in [-0.25, -0.2) is 8.78 Å². The van der Waals surface area contributed by atoms with Crippen molar-refractivity contribution in [1.29, 1.82) is 0 Å². The lowest BCUT2D eigenvalue weighted by Crippen LogP contribution is -2.22. The molecule has 0 spiro atoms. The van der Waals surface area contributed by atoms with Gasteiger partial charge < -0.3 is 10.4 Å². The van der Waals surface area contributed by atoms with E-state index in [9.17, 15) is 13.9 Å². The number of nitrogens with one attached hydrogen (secondary N) is 1. The first-order valence-electron chi connectivity index (χ1n) is 7.44. The molecule has 0 bridgehead atoms. The van der Waals surface area contributed by atoms with Crippen molar-refractivity contribution in [3.05, 3.63) is 77.6 Å². The zero-order valence-electron chi connectivity index (χ0n) is 12.7. The van der Waals surface area contributed by atoms with E-state index in [1.807, 2.05) is 30.3 Å². The summed E-state index contributed by atoms with van der Waals surface area (Å²) in [7, 11) is 0. The SMILES string of the molecule is OC(CNCc1cnn(-c2ccccc2)n1)c1ccc(F)cc1F. The van der Waals surface area contributed by atoms with Crippen LogP contribution in [0.3, 0.4) is 0 Å². The summed E-state index contributed by atoms with van der Waals surface area (Å²) in [6.07, 6.45) is 0.542. The van der Waals surface area contributed by atoms with Gasteiger partial charge in [0.05, 0.1) is 23.7 Å². The number of halogens is 2. The molecule has 0 aliphatic carbocycles. The van der Waals surface area contributed by atoms with Crippen molar-refractivity contribution in [2.24, 2.45) is 0 Å². The summed E-state index contributed by atoms with van der Waals surface area (Å²) < 4.78 is 26.5. The molecule has 1 aromatic heterocycles. The Labute approximate surface area is 137 Å². The van der Waals surface area contributed by atoms with Gasteiger partial charge in [0, 0.05) is 24.7 Å². The maximum absolute atomic E-state index is 13.6. The van der Waals surface area contributed by atoms with Crippen molar-refractivity contribution in [3.8, 4) is 5.69 Å². The summed E-state index contributed by atoms with van der Waals surface area (Å²) in [5.41, 5.74) is 1.58. The van der Waals surface area contributed by atoms with Crippen molar-refractivity contribution in [1.82, 2.24) is 20.3 Å². The molecule has 3 aromatic rings. The first-order valence-corrected chi connectivity index (χ1v) is 7.44. The Balaban J connectivity index is 1.56. The number of para-hydroxylation sites is 1. The zero-order chi connectivity index (χ0) is 16.9. The van der Waals surface area contributed by atoms with Crippen LogP contribution in [0.1, 0.15) is 17.4 Å². The summed E-state index contributed by atoms with van der Waals surface area (Å²) in [6.45, 7) is 0.480. The highest BCUT2D eigenvalue weighted by Gasteiger charge is 2.13. The molecule has 7 heteroatoms. The van der Waals surface area contributed by atoms with Gasteiger partial charge in [-0.1, -0.05) is 24.3 Å². The van der Waals surface area contributed by atoms with Gasteiger partial charge in [0.1, 0.15) is 11.6 Å². The lowest BCUT2D eigenvalue weighted by Gasteiger charge is -2.12. The van der Waals surface area contributed by atoms with E-state index in [0.29, 0.717) is 12.2 Å². The van der Waals surface area contributed by atoms with Crippen molar-refractivity contribution >= 4 is 0 Å². The second kappa shape index (κ2) is 7.29. The summed E-state index contributed by atoms with van der Waals surface area (Å²) in [5, 5.41) is 21.5. The predicted octanol–water partition coefficient (Wildman–Crippen LogP) is 2.37. The van der Waals surface area contributed by atoms with Crippen LogP contribution in [-0.2, 0) is 6.54 Å². The Kier molecular flexibility index (Phi) is 4.93. The first kappa shape index (κ1) is 16.2. The van der Waals surface area contributed by atoms with Gasteiger partial charge in [0.25, 0.3) is 0 Å². The van der Waals surface area contributed by atoms with E-state index >= 15 is 0 Å². The van der Waals surface area contributed by atoms with E-state index in [1.165, 1.54) is 10.9 Å². The number of hydrogen-bond donors (Lipinski definition) is 2. The highest BCUT2D eigenvalue weighted by Crippen LogP contribution is 2.17. The number of aliphatic hydroxyl groups excluding tert-OH is 1. The summed E-state index contributed by atoms with van der Waals surface area (Å²) in [6, 6.07) is 12.6. The number of benzene rings is 2. The van der Waals surface area contributed by atoms with Gasteiger partial charge in [-0.3, -0.25) is 0 Å². The van der Waals surface area contributed by atoms with Gasteiger partial charge in [0.15, 0.2) is 0 Å². The van der Waals surface area contributed by atoms with Gasteiger partial charge in [-0.2, -0.15) is 15.0 Å². The molecule has 0 amide bonds. The molecule has 1 unspecified atom stereocenters. The second-order valence-corrected chi connectivity index (χ2v) is 5.27. The summed E-state index contributed by atoms with van der Waals surface area (Å²) in [5.74, 6) is -1.44. The molecular weight excluding hydrogens is 314 g/mol. The minimum Gasteiger partial charge on any atom is -0.387 e. The number of hydrogen-bond acceptors (Lipinski definition) is 4. The van der Waals surface area contributed by atoms with Crippen LogP contribution < -0.4 is 5.32 Å². The van der Waals surface area contributed by atoms with Crippen LogP contribution in [0, 0.1) is 11.6 Å². The summed E-state index contributed by atoms with van der Waals surface area (Å²) in [4.78, 5) is 1.51. The van der Waals surface area contributed by atoms with E-state index in [4.69, 9.17) is 0 Å². The fraction of sp³-hybridized carbons (Fsp3) is 0.176. The molecule has 0 saturated heterocycles. The molecule has 0 aliphatic heterocycles. The van der Waals surface area contributed by atoms with E-state index < -0.39 is 17.7 Å². The molecule has 0 saturated carbocycles. The number of rotatable bonds is 6. The highest BCUT2D eigenvalue weighted by molar-refractivity contribution is 5.28. The number of aliphatic hydroxyl groups is 1. The number of nitrogens with zero attached hydrogens (tertiary/aromatic N) is 3. The normalized spacial score (nSPS) is 12.3. The maximum atomic E-state index is 13.6. The Bertz CT molecular complexity index is 807. The second-order valence-electron chi connectivity index (χ2n) is 5.27. The Morgan fingerprint density at radius 3 is 2.67 bits per heavy atom. The molecule has 3 rings (SSSR count). The molecule has 24 heavy (non-hydrogen) atoms. The van der Waals surface area contributed by atoms with Gasteiger partial charge >= 0.3 is 0 Å². The van der Waals surface area contributed by atoms with Crippen molar-refractivity contribution < 1.29 is 13.9 Å². The monoisotopic (exact) mass is 330 g/mol. The summed E-state index contributed by atoms with van der Waals surface area (Å²) >= 11 is 0. The molecule has 0 radical (unpaired) electrons. The minimum absolute atomic E-state index is 0.0526. The van der Waals surface area contributed by atoms with Gasteiger partial charge in [-0.05, 0) is 18.2 Å². The smallest absolute Gasteiger partial charge is 0.131 e. The van der Waals surface area contributed by atoms with Crippen LogP contribution in [0.2, 0.25) is 0 Å². The molecule has 124 valence electrons.